The number of Topliss-reactive ketones (excluding diaryl/α,β-unsaturated/α-hetero) is 1. The number of carbonyl (C=O) groups excluding carboxylic acids is 5. The molecule has 51 heteroatoms. The van der Waals surface area contributed by atoms with Crippen molar-refractivity contribution >= 4 is 47.3 Å². The molecule has 0 aromatic heterocycles. The third-order valence-corrected chi connectivity index (χ3v) is 28.7. The Kier molecular flexibility index (Phi) is 56.9. The van der Waals surface area contributed by atoms with Crippen molar-refractivity contribution in [3.63, 3.8) is 0 Å². The Morgan fingerprint density at radius 2 is 0.705 bits per heavy atom. The molecule has 40 atom stereocenters. The lowest BCUT2D eigenvalue weighted by atomic mass is 9.86. The Bertz CT molecular complexity index is 3900. The van der Waals surface area contributed by atoms with Crippen molar-refractivity contribution in [1.82, 2.24) is 21.3 Å². The summed E-state index contributed by atoms with van der Waals surface area (Å²) >= 11 is 0. The molecule has 0 aromatic rings. The van der Waals surface area contributed by atoms with Gasteiger partial charge in [-0.25, -0.2) is 14.4 Å². The molecule has 0 spiro atoms. The quantitative estimate of drug-likeness (QED) is 0.0255. The average molecular weight is 2160 g/mol. The van der Waals surface area contributed by atoms with Gasteiger partial charge in [0.15, 0.2) is 25.2 Å². The Morgan fingerprint density at radius 1 is 0.356 bits per heavy atom. The van der Waals surface area contributed by atoms with E-state index in [4.69, 9.17) is 66.3 Å². The van der Waals surface area contributed by atoms with Crippen LogP contribution >= 0.6 is 0 Å². The third kappa shape index (κ3) is 37.3. The van der Waals surface area contributed by atoms with E-state index in [1.165, 1.54) is 103 Å². The van der Waals surface area contributed by atoms with Gasteiger partial charge in [-0.3, -0.25) is 19.2 Å². The van der Waals surface area contributed by atoms with Crippen molar-refractivity contribution in [2.24, 2.45) is 5.92 Å². The maximum Gasteiger partial charge on any atom is 0.364 e. The summed E-state index contributed by atoms with van der Waals surface area (Å²) in [4.78, 5) is 108. The second-order valence-electron chi connectivity index (χ2n) is 40.6. The molecule has 0 aromatic carbocycles. The SMILES string of the molecule is CCCCCCCCCCCCCCCCCCCC(=O)NC(COC1OC(CO)C(OC2OC(CO)C(OC3OC(CO)C(O)C(OC4OC(CO)C(O)C(O)C4O)C3CC(C)=O)C(OC3(C(=O)O)CC(O)C(NC(C)=O)C(C(O)C(CO)OC4(C(=O)O)CC(O)C(NC(C)=O)C(C(O)C(CO)OC5(C(=O)O)CC(O)C(NC(C)=O)C(C(O)C(O)CO)O5)O4)O3)C2O)C(O)C1O)C(O)CCCCCCCCCCCCCCC. The maximum absolute atomic E-state index is 14.7. The van der Waals surface area contributed by atoms with Crippen molar-refractivity contribution in [2.75, 3.05) is 52.9 Å². The fourth-order valence-electron chi connectivity index (χ4n) is 20.4. The predicted octanol–water partition coefficient (Wildman–Crippen LogP) is -4.60. The van der Waals surface area contributed by atoms with E-state index < -0.39 is 369 Å². The zero-order chi connectivity index (χ0) is 110. The summed E-state index contributed by atoms with van der Waals surface area (Å²) in [7, 11) is 0. The highest BCUT2D eigenvalue weighted by Crippen LogP contribution is 2.46. The molecule has 0 bridgehead atoms. The molecule has 7 fully saturated rings. The zero-order valence-electron chi connectivity index (χ0n) is 86.1. The molecule has 0 saturated carbocycles. The second kappa shape index (κ2) is 65.0. The van der Waals surface area contributed by atoms with E-state index in [2.05, 4.69) is 35.1 Å². The molecule has 7 aliphatic rings. The van der Waals surface area contributed by atoms with Crippen LogP contribution in [0, 0.1) is 5.92 Å². The van der Waals surface area contributed by atoms with Crippen LogP contribution < -0.4 is 21.3 Å². The van der Waals surface area contributed by atoms with Gasteiger partial charge in [-0.15, -0.1) is 0 Å². The molecule has 0 radical (unpaired) electrons. The average Bonchev–Trinajstić information content (AvgIpc) is 0.744. The van der Waals surface area contributed by atoms with Crippen LogP contribution in [0.2, 0.25) is 0 Å². The number of nitrogens with one attached hydrogen (secondary N) is 4. The van der Waals surface area contributed by atoms with E-state index in [1.807, 2.05) is 0 Å². The highest BCUT2D eigenvalue weighted by Gasteiger charge is 2.66. The standard InChI is InChI=1S/C98H172N4O47/c1-7-9-11-13-15-17-19-21-22-23-24-26-28-30-32-34-36-38-68(119)102-56(57(114)37-35-33-31-29-27-25-20-18-16-14-12-10-8-2)50-136-90-80(128)78(126)83(66(48-108)139-90)142-92-81(129)88(84(67(49-109)140-92)143-89-55(39-51(3)110)82(74(122)63(45-105)137-89)141-91-79(127)77(125)73(121)62(44-104)138-91)149-98(95(134)135)42-60(117)71(101-54(6)113)87(148-98)76(124)65(47-107)145-97(94(132)133)41-59(116)70(100-53(5)112)86(147-97)75(123)64(46-106)144-96(93(130)131)40-58(115)69(99-52(4)111)85(146-96)72(120)61(118)43-103/h55-67,69-92,103-109,114-118,120-129H,7-50H2,1-6H3,(H,99,111)(H,100,112)(H,101,113)(H,102,119)(H,130,131)(H,132,133)(H,134,135). The number of amides is 4. The number of aliphatic hydroxyl groups excluding tert-OH is 22. The van der Waals surface area contributed by atoms with Gasteiger partial charge in [0.25, 0.3) is 17.4 Å². The van der Waals surface area contributed by atoms with Crippen LogP contribution in [-0.4, -0.2) is 465 Å². The number of carbonyl (C=O) groups is 8. The summed E-state index contributed by atoms with van der Waals surface area (Å²) in [6, 6.07) is -7.36. The molecule has 0 aliphatic carbocycles. The molecule has 149 heavy (non-hydrogen) atoms. The summed E-state index contributed by atoms with van der Waals surface area (Å²) in [5.74, 6) is -24.2. The zero-order valence-corrected chi connectivity index (χ0v) is 86.1. The molecule has 7 aliphatic heterocycles. The first kappa shape index (κ1) is 130. The van der Waals surface area contributed by atoms with E-state index in [0.717, 1.165) is 105 Å². The summed E-state index contributed by atoms with van der Waals surface area (Å²) in [6.45, 7) is -2.06. The molecular formula is C98H172N4O47. The minimum absolute atomic E-state index is 0.0804. The molecular weight excluding hydrogens is 1990 g/mol. The van der Waals surface area contributed by atoms with Crippen LogP contribution in [0.4, 0.5) is 0 Å². The number of aliphatic carboxylic acids is 3. The minimum Gasteiger partial charge on any atom is -0.477 e. The van der Waals surface area contributed by atoms with Crippen molar-refractivity contribution < 1.29 is 232 Å². The molecule has 7 heterocycles. The van der Waals surface area contributed by atoms with Crippen LogP contribution in [0.25, 0.3) is 0 Å². The van der Waals surface area contributed by atoms with Crippen molar-refractivity contribution in [1.29, 1.82) is 0 Å². The van der Waals surface area contributed by atoms with E-state index in [-0.39, 0.29) is 12.8 Å². The first-order valence-corrected chi connectivity index (χ1v) is 52.9. The number of aliphatic hydroxyl groups is 22. The Balaban J connectivity index is 1.22. The maximum atomic E-state index is 14.7. The number of hydrogen-bond acceptors (Lipinski definition) is 44. The number of carboxylic acid groups (broad SMARTS) is 3. The van der Waals surface area contributed by atoms with Gasteiger partial charge in [0.2, 0.25) is 23.6 Å². The lowest BCUT2D eigenvalue weighted by Crippen LogP contribution is -2.72. The summed E-state index contributed by atoms with van der Waals surface area (Å²) in [6.07, 6.45) is -46.0. The Hall–Kier alpha value is -5.48. The highest BCUT2D eigenvalue weighted by atomic mass is 16.8. The van der Waals surface area contributed by atoms with Crippen molar-refractivity contribution in [3.8, 4) is 0 Å². The monoisotopic (exact) mass is 2160 g/mol. The molecule has 4 amide bonds. The van der Waals surface area contributed by atoms with Gasteiger partial charge in [0.05, 0.1) is 108 Å². The number of rotatable bonds is 70. The number of ether oxygens (including phenoxy) is 14. The van der Waals surface area contributed by atoms with Gasteiger partial charge < -0.3 is 220 Å². The molecule has 40 unspecified atom stereocenters. The van der Waals surface area contributed by atoms with Crippen LogP contribution in [0.1, 0.15) is 273 Å². The Morgan fingerprint density at radius 3 is 1.11 bits per heavy atom. The minimum atomic E-state index is -3.81. The molecule has 7 saturated heterocycles. The number of ketones is 1. The van der Waals surface area contributed by atoms with Crippen LogP contribution in [0.15, 0.2) is 0 Å². The largest absolute Gasteiger partial charge is 0.477 e. The topological polar surface area (TPSA) is 820 Å². The highest BCUT2D eigenvalue weighted by molar-refractivity contribution is 5.79. The van der Waals surface area contributed by atoms with E-state index in [0.29, 0.717) is 12.8 Å². The first-order valence-electron chi connectivity index (χ1n) is 52.9. The second-order valence-corrected chi connectivity index (χ2v) is 40.6. The van der Waals surface area contributed by atoms with Gasteiger partial charge in [-0.2, -0.15) is 0 Å². The summed E-state index contributed by atoms with van der Waals surface area (Å²) in [5, 5.41) is 296. The first-order chi connectivity index (χ1) is 70.9. The summed E-state index contributed by atoms with van der Waals surface area (Å²) in [5.41, 5.74) is 0. The van der Waals surface area contributed by atoms with E-state index in [1.54, 1.807) is 0 Å². The molecule has 7 rings (SSSR count). The molecule has 866 valence electrons. The number of carboxylic acids is 3. The fourth-order valence-corrected chi connectivity index (χ4v) is 20.4. The van der Waals surface area contributed by atoms with E-state index >= 15 is 0 Å². The fraction of sp³-hybridized carbons (Fsp3) is 0.918. The van der Waals surface area contributed by atoms with Crippen LogP contribution in [0.3, 0.4) is 0 Å². The van der Waals surface area contributed by atoms with Gasteiger partial charge >= 0.3 is 17.9 Å². The predicted molar refractivity (Wildman–Crippen MR) is 512 cm³/mol. The lowest BCUT2D eigenvalue weighted by Gasteiger charge is -2.53. The van der Waals surface area contributed by atoms with Gasteiger partial charge in [0, 0.05) is 58.8 Å². The van der Waals surface area contributed by atoms with Crippen molar-refractivity contribution in [3.05, 3.63) is 0 Å². The van der Waals surface area contributed by atoms with Gasteiger partial charge in [0.1, 0.15) is 146 Å². The van der Waals surface area contributed by atoms with Crippen molar-refractivity contribution in [2.45, 2.75) is 510 Å². The van der Waals surface area contributed by atoms with Gasteiger partial charge in [-0.05, 0) is 19.8 Å². The Labute approximate surface area is 866 Å². The molecule has 29 N–H and O–H groups in total. The number of hydrogen-bond donors (Lipinski definition) is 29. The summed E-state index contributed by atoms with van der Waals surface area (Å²) < 4.78 is 84.6. The lowest BCUT2D eigenvalue weighted by molar-refractivity contribution is -0.407. The van der Waals surface area contributed by atoms with Gasteiger partial charge in [-0.1, -0.05) is 200 Å². The third-order valence-electron chi connectivity index (χ3n) is 28.7. The van der Waals surface area contributed by atoms with E-state index in [9.17, 15) is 166 Å². The normalized spacial score (nSPS) is 35.2. The number of unbranched alkanes of at least 4 members (excludes halogenated alkanes) is 28. The van der Waals surface area contributed by atoms with Crippen LogP contribution in [-0.2, 0) is 105 Å². The molecule has 51 nitrogen and oxygen atoms in total. The smallest absolute Gasteiger partial charge is 0.364 e. The van der Waals surface area contributed by atoms with Crippen LogP contribution in [0.5, 0.6) is 0 Å².